The van der Waals surface area contributed by atoms with E-state index in [0.717, 1.165) is 29.9 Å². The van der Waals surface area contributed by atoms with Gasteiger partial charge in [-0.25, -0.2) is 4.39 Å². The zero-order chi connectivity index (χ0) is 16.5. The Labute approximate surface area is 139 Å². The highest BCUT2D eigenvalue weighted by molar-refractivity contribution is 5.88. The molecule has 1 aliphatic heterocycles. The van der Waals surface area contributed by atoms with Crippen molar-refractivity contribution >= 4 is 28.5 Å². The lowest BCUT2D eigenvalue weighted by atomic mass is 10.1. The lowest BCUT2D eigenvalue weighted by Crippen LogP contribution is -2.30. The molecular weight excluding hydrogens is 307 g/mol. The molecule has 1 aromatic carbocycles. The van der Waals surface area contributed by atoms with Gasteiger partial charge in [0.25, 0.3) is 0 Å². The number of nitrogens with zero attached hydrogens (tertiary/aromatic N) is 5. The first-order valence-electron chi connectivity index (χ1n) is 8.18. The van der Waals surface area contributed by atoms with Crippen molar-refractivity contribution in [2.24, 2.45) is 7.05 Å². The Balaban J connectivity index is 1.76. The number of piperidine rings is 1. The average molecular weight is 326 g/mol. The number of rotatable bonds is 3. The minimum atomic E-state index is -0.294. The second-order valence-corrected chi connectivity index (χ2v) is 6.06. The van der Waals surface area contributed by atoms with E-state index >= 15 is 0 Å². The first-order valence-corrected chi connectivity index (χ1v) is 8.18. The summed E-state index contributed by atoms with van der Waals surface area (Å²) in [6.45, 7) is 1.97. The summed E-state index contributed by atoms with van der Waals surface area (Å²) in [5.41, 5.74) is 1.39. The standard InChI is InChI=1S/C17H19FN6/c1-23-15-14(11-19-23)16(24-8-3-2-4-9-24)22-17(21-15)20-13-7-5-6-12(18)10-13/h5-7,10-11H,2-4,8-9H2,1H3,(H,20,21,22). The number of nitrogens with one attached hydrogen (secondary N) is 1. The topological polar surface area (TPSA) is 58.9 Å². The average Bonchev–Trinajstić information content (AvgIpc) is 2.96. The monoisotopic (exact) mass is 326 g/mol. The molecular formula is C17H19FN6. The summed E-state index contributed by atoms with van der Waals surface area (Å²) in [5.74, 6) is 1.06. The van der Waals surface area contributed by atoms with E-state index in [2.05, 4.69) is 20.3 Å². The van der Waals surface area contributed by atoms with Crippen LogP contribution in [-0.4, -0.2) is 32.8 Å². The molecule has 6 nitrogen and oxygen atoms in total. The third-order valence-corrected chi connectivity index (χ3v) is 4.31. The molecule has 0 bridgehead atoms. The van der Waals surface area contributed by atoms with Crippen LogP contribution in [0.5, 0.6) is 0 Å². The first-order chi connectivity index (χ1) is 11.7. The zero-order valence-electron chi connectivity index (χ0n) is 13.5. The molecule has 2 aromatic heterocycles. The van der Waals surface area contributed by atoms with Crippen molar-refractivity contribution in [1.29, 1.82) is 0 Å². The summed E-state index contributed by atoms with van der Waals surface area (Å²) in [6, 6.07) is 6.29. The van der Waals surface area contributed by atoms with Crippen LogP contribution in [0.1, 0.15) is 19.3 Å². The van der Waals surface area contributed by atoms with Gasteiger partial charge in [-0.15, -0.1) is 0 Å². The SMILES string of the molecule is Cn1ncc2c(N3CCCCC3)nc(Nc3cccc(F)c3)nc21. The van der Waals surface area contributed by atoms with Crippen molar-refractivity contribution in [3.63, 3.8) is 0 Å². The molecule has 0 aliphatic carbocycles. The van der Waals surface area contributed by atoms with Crippen LogP contribution in [0.3, 0.4) is 0 Å². The van der Waals surface area contributed by atoms with Gasteiger partial charge in [0.15, 0.2) is 5.65 Å². The Morgan fingerprint density at radius 3 is 2.75 bits per heavy atom. The summed E-state index contributed by atoms with van der Waals surface area (Å²) < 4.78 is 15.1. The van der Waals surface area contributed by atoms with Crippen LogP contribution in [0, 0.1) is 5.82 Å². The van der Waals surface area contributed by atoms with Crippen LogP contribution >= 0.6 is 0 Å². The van der Waals surface area contributed by atoms with Gasteiger partial charge in [-0.1, -0.05) is 6.07 Å². The first kappa shape index (κ1) is 14.9. The highest BCUT2D eigenvalue weighted by Crippen LogP contribution is 2.28. The number of aryl methyl sites for hydroxylation is 1. The molecule has 124 valence electrons. The number of hydrogen-bond acceptors (Lipinski definition) is 5. The minimum Gasteiger partial charge on any atom is -0.356 e. The third-order valence-electron chi connectivity index (χ3n) is 4.31. The Bertz CT molecular complexity index is 869. The number of aromatic nitrogens is 4. The van der Waals surface area contributed by atoms with Gasteiger partial charge < -0.3 is 10.2 Å². The van der Waals surface area contributed by atoms with Gasteiger partial charge in [0.1, 0.15) is 11.6 Å². The fourth-order valence-corrected chi connectivity index (χ4v) is 3.11. The number of hydrogen-bond donors (Lipinski definition) is 1. The molecule has 3 heterocycles. The molecule has 1 fully saturated rings. The third kappa shape index (κ3) is 2.77. The maximum Gasteiger partial charge on any atom is 0.231 e. The van der Waals surface area contributed by atoms with E-state index in [-0.39, 0.29) is 5.82 Å². The predicted octanol–water partition coefficient (Wildman–Crippen LogP) is 3.24. The van der Waals surface area contributed by atoms with E-state index in [4.69, 9.17) is 4.98 Å². The van der Waals surface area contributed by atoms with Crippen molar-refractivity contribution < 1.29 is 4.39 Å². The molecule has 0 atom stereocenters. The van der Waals surface area contributed by atoms with Gasteiger partial charge in [-0.2, -0.15) is 15.1 Å². The summed E-state index contributed by atoms with van der Waals surface area (Å²) in [7, 11) is 1.86. The van der Waals surface area contributed by atoms with Crippen LogP contribution in [-0.2, 0) is 7.05 Å². The molecule has 0 radical (unpaired) electrons. The highest BCUT2D eigenvalue weighted by Gasteiger charge is 2.19. The summed E-state index contributed by atoms with van der Waals surface area (Å²) >= 11 is 0. The van der Waals surface area contributed by atoms with Crippen molar-refractivity contribution in [2.75, 3.05) is 23.3 Å². The van der Waals surface area contributed by atoms with Crippen LogP contribution in [0.15, 0.2) is 30.5 Å². The molecule has 7 heteroatoms. The molecule has 24 heavy (non-hydrogen) atoms. The summed E-state index contributed by atoms with van der Waals surface area (Å²) in [6.07, 6.45) is 5.40. The van der Waals surface area contributed by atoms with Gasteiger partial charge in [0.2, 0.25) is 5.95 Å². The lowest BCUT2D eigenvalue weighted by molar-refractivity contribution is 0.575. The van der Waals surface area contributed by atoms with E-state index in [9.17, 15) is 4.39 Å². The molecule has 0 unspecified atom stereocenters. The van der Waals surface area contributed by atoms with Gasteiger partial charge in [0, 0.05) is 25.8 Å². The highest BCUT2D eigenvalue weighted by atomic mass is 19.1. The second kappa shape index (κ2) is 6.07. The fourth-order valence-electron chi connectivity index (χ4n) is 3.11. The van der Waals surface area contributed by atoms with Crippen LogP contribution < -0.4 is 10.2 Å². The largest absolute Gasteiger partial charge is 0.356 e. The van der Waals surface area contributed by atoms with Crippen LogP contribution in [0.4, 0.5) is 21.8 Å². The van der Waals surface area contributed by atoms with Gasteiger partial charge in [-0.3, -0.25) is 4.68 Å². The van der Waals surface area contributed by atoms with E-state index < -0.39 is 0 Å². The normalized spacial score (nSPS) is 15.0. The zero-order valence-corrected chi connectivity index (χ0v) is 13.5. The molecule has 0 amide bonds. The van der Waals surface area contributed by atoms with Crippen LogP contribution in [0.25, 0.3) is 11.0 Å². The van der Waals surface area contributed by atoms with Crippen molar-refractivity contribution in [2.45, 2.75) is 19.3 Å². The molecule has 3 aromatic rings. The summed E-state index contributed by atoms with van der Waals surface area (Å²) in [4.78, 5) is 11.5. The smallest absolute Gasteiger partial charge is 0.231 e. The van der Waals surface area contributed by atoms with Crippen molar-refractivity contribution in [1.82, 2.24) is 19.7 Å². The Hall–Kier alpha value is -2.70. The van der Waals surface area contributed by atoms with E-state index in [0.29, 0.717) is 11.6 Å². The quantitative estimate of drug-likeness (QED) is 0.801. The Morgan fingerprint density at radius 2 is 1.96 bits per heavy atom. The van der Waals surface area contributed by atoms with E-state index in [1.165, 1.54) is 31.4 Å². The van der Waals surface area contributed by atoms with Gasteiger partial charge in [-0.05, 0) is 37.5 Å². The molecule has 0 saturated carbocycles. The number of benzene rings is 1. The predicted molar refractivity (Wildman–Crippen MR) is 92.1 cm³/mol. The van der Waals surface area contributed by atoms with Gasteiger partial charge in [0.05, 0.1) is 11.6 Å². The minimum absolute atomic E-state index is 0.294. The maximum absolute atomic E-state index is 13.4. The summed E-state index contributed by atoms with van der Waals surface area (Å²) in [5, 5.41) is 8.36. The molecule has 4 rings (SSSR count). The molecule has 1 N–H and O–H groups in total. The fraction of sp³-hybridized carbons (Fsp3) is 0.353. The number of halogens is 1. The Kier molecular flexibility index (Phi) is 3.76. The number of anilines is 3. The van der Waals surface area contributed by atoms with Crippen LogP contribution in [0.2, 0.25) is 0 Å². The maximum atomic E-state index is 13.4. The molecule has 1 saturated heterocycles. The molecule has 1 aliphatic rings. The second-order valence-electron chi connectivity index (χ2n) is 6.06. The van der Waals surface area contributed by atoms with Crippen molar-refractivity contribution in [3.8, 4) is 0 Å². The van der Waals surface area contributed by atoms with Crippen molar-refractivity contribution in [3.05, 3.63) is 36.3 Å². The lowest BCUT2D eigenvalue weighted by Gasteiger charge is -2.28. The Morgan fingerprint density at radius 1 is 1.12 bits per heavy atom. The van der Waals surface area contributed by atoms with Gasteiger partial charge >= 0.3 is 0 Å². The van der Waals surface area contributed by atoms with E-state index in [1.807, 2.05) is 13.2 Å². The van der Waals surface area contributed by atoms with E-state index in [1.54, 1.807) is 16.8 Å². The molecule has 0 spiro atoms. The number of fused-ring (bicyclic) bond motifs is 1.